The van der Waals surface area contributed by atoms with Crippen molar-refractivity contribution in [1.29, 1.82) is 0 Å². The van der Waals surface area contributed by atoms with Gasteiger partial charge in [0.15, 0.2) is 0 Å². The second-order valence-electron chi connectivity index (χ2n) is 1.01. The maximum atomic E-state index is 11.3. The SMILES string of the molecule is O=S(F)[N-]S(=O)(=O)[N-]S(=O)F. The van der Waals surface area contributed by atoms with Crippen LogP contribution in [0.4, 0.5) is 7.77 Å². The summed E-state index contributed by atoms with van der Waals surface area (Å²) in [5.74, 6) is 0. The molecule has 0 saturated carbocycles. The lowest BCUT2D eigenvalue weighted by Gasteiger charge is -2.23. The third kappa shape index (κ3) is 6.43. The van der Waals surface area contributed by atoms with E-state index in [1.807, 2.05) is 8.25 Å². The minimum atomic E-state index is -4.88. The molecule has 0 heterocycles. The van der Waals surface area contributed by atoms with Gasteiger partial charge >= 0.3 is 0 Å². The molecule has 0 N–H and O–H groups in total. The lowest BCUT2D eigenvalue weighted by Crippen LogP contribution is -1.97. The molecule has 11 heavy (non-hydrogen) atoms. The van der Waals surface area contributed by atoms with Crippen molar-refractivity contribution in [3.63, 3.8) is 0 Å². The van der Waals surface area contributed by atoms with Crippen LogP contribution in [0.15, 0.2) is 0 Å². The Kier molecular flexibility index (Phi) is 4.17. The molecule has 0 aromatic heterocycles. The van der Waals surface area contributed by atoms with Crippen LogP contribution < -0.4 is 0 Å². The quantitative estimate of drug-likeness (QED) is 0.634. The van der Waals surface area contributed by atoms with Gasteiger partial charge in [-0.3, -0.25) is 8.42 Å². The van der Waals surface area contributed by atoms with Gasteiger partial charge in [-0.25, -0.2) is 8.42 Å². The van der Waals surface area contributed by atoms with Crippen LogP contribution in [0, 0.1) is 0 Å². The third-order valence-electron chi connectivity index (χ3n) is 0.306. The van der Waals surface area contributed by atoms with Crippen molar-refractivity contribution in [3.05, 3.63) is 8.25 Å². The van der Waals surface area contributed by atoms with Gasteiger partial charge in [0.25, 0.3) is 0 Å². The van der Waals surface area contributed by atoms with Crippen molar-refractivity contribution in [2.45, 2.75) is 0 Å². The normalized spacial score (nSPS) is 17.6. The summed E-state index contributed by atoms with van der Waals surface area (Å²) in [5, 5.41) is 0. The zero-order valence-electron chi connectivity index (χ0n) is 4.51. The first-order valence-electron chi connectivity index (χ1n) is 1.71. The molecule has 2 atom stereocenters. The van der Waals surface area contributed by atoms with Gasteiger partial charge in [-0.15, -0.1) is 0 Å². The van der Waals surface area contributed by atoms with Gasteiger partial charge in [0.2, 0.25) is 0 Å². The monoisotopic (exact) mass is 226 g/mol. The highest BCUT2D eigenvalue weighted by Gasteiger charge is 1.90. The molecular weight excluding hydrogens is 226 g/mol. The largest absolute Gasteiger partial charge is 0.451 e. The maximum absolute atomic E-state index is 11.3. The summed E-state index contributed by atoms with van der Waals surface area (Å²) in [6.45, 7) is 0. The number of nitrogens with zero attached hydrogens (tertiary/aromatic N) is 2. The molecule has 11 heteroatoms. The third-order valence-corrected chi connectivity index (χ3v) is 2.75. The van der Waals surface area contributed by atoms with Crippen molar-refractivity contribution in [1.82, 2.24) is 0 Å². The standard InChI is InChI=1S/F2N2O4S3/c1-9(5)3-11(7,8)4-10(2)6/q-2. The van der Waals surface area contributed by atoms with E-state index in [0.717, 1.165) is 0 Å². The van der Waals surface area contributed by atoms with E-state index in [-0.39, 0.29) is 0 Å². The van der Waals surface area contributed by atoms with Crippen LogP contribution in [0.3, 0.4) is 0 Å². The molecule has 0 saturated heterocycles. The first-order chi connectivity index (χ1) is 4.83. The average molecular weight is 226 g/mol. The predicted molar refractivity (Wildman–Crippen MR) is 34.1 cm³/mol. The van der Waals surface area contributed by atoms with Crippen molar-refractivity contribution in [2.24, 2.45) is 0 Å². The minimum absolute atomic E-state index is 1.83. The lowest BCUT2D eigenvalue weighted by molar-refractivity contribution is 0.609. The number of halogens is 2. The average Bonchev–Trinajstić information content (AvgIpc) is 1.53. The van der Waals surface area contributed by atoms with Gasteiger partial charge in [-0.2, -0.15) is 7.77 Å². The summed E-state index contributed by atoms with van der Waals surface area (Å²) in [7, 11) is -4.88. The van der Waals surface area contributed by atoms with Gasteiger partial charge in [0.05, 0.1) is 0 Å². The molecule has 0 rings (SSSR count). The Labute approximate surface area is 66.3 Å². The van der Waals surface area contributed by atoms with E-state index in [4.69, 9.17) is 0 Å². The summed E-state index contributed by atoms with van der Waals surface area (Å²) in [6.07, 6.45) is 0. The van der Waals surface area contributed by atoms with E-state index >= 15 is 0 Å². The van der Waals surface area contributed by atoms with Crippen molar-refractivity contribution in [2.75, 3.05) is 0 Å². The van der Waals surface area contributed by atoms with Gasteiger partial charge < -0.3 is 8.25 Å². The van der Waals surface area contributed by atoms with Crippen LogP contribution in [0.5, 0.6) is 0 Å². The van der Waals surface area contributed by atoms with E-state index in [2.05, 4.69) is 0 Å². The zero-order valence-corrected chi connectivity index (χ0v) is 6.96. The molecular formula is F2N2O4S3-2. The highest BCUT2D eigenvalue weighted by Crippen LogP contribution is 2.16. The summed E-state index contributed by atoms with van der Waals surface area (Å²) in [6, 6.07) is 0. The van der Waals surface area contributed by atoms with Crippen molar-refractivity contribution < 1.29 is 24.6 Å². The molecule has 0 aliphatic carbocycles. The smallest absolute Gasteiger partial charge is 0.114 e. The van der Waals surface area contributed by atoms with E-state index in [9.17, 15) is 24.6 Å². The van der Waals surface area contributed by atoms with Crippen LogP contribution in [0.1, 0.15) is 0 Å². The fourth-order valence-corrected chi connectivity index (χ4v) is 1.70. The van der Waals surface area contributed by atoms with E-state index in [1.165, 1.54) is 0 Å². The molecule has 0 aromatic carbocycles. The summed E-state index contributed by atoms with van der Waals surface area (Å²) in [5.41, 5.74) is 0. The van der Waals surface area contributed by atoms with Gasteiger partial charge in [-0.1, -0.05) is 0 Å². The van der Waals surface area contributed by atoms with E-state index in [1.54, 1.807) is 0 Å². The lowest BCUT2D eigenvalue weighted by atomic mass is 13.8. The molecule has 0 radical (unpaired) electrons. The van der Waals surface area contributed by atoms with Crippen LogP contribution in [0.25, 0.3) is 8.25 Å². The molecule has 0 aliphatic rings. The molecule has 68 valence electrons. The van der Waals surface area contributed by atoms with Gasteiger partial charge in [0.1, 0.15) is 22.7 Å². The highest BCUT2D eigenvalue weighted by molar-refractivity contribution is 8.16. The summed E-state index contributed by atoms with van der Waals surface area (Å²) in [4.78, 5) is 0. The summed E-state index contributed by atoms with van der Waals surface area (Å²) < 4.78 is 65.3. The molecule has 0 fully saturated rings. The Morgan fingerprint density at radius 3 is 1.45 bits per heavy atom. The van der Waals surface area contributed by atoms with E-state index < -0.39 is 33.0 Å². The second-order valence-corrected chi connectivity index (χ2v) is 3.92. The van der Waals surface area contributed by atoms with Crippen molar-refractivity contribution >= 4 is 33.0 Å². The van der Waals surface area contributed by atoms with E-state index in [0.29, 0.717) is 0 Å². The zero-order chi connectivity index (χ0) is 9.07. The Morgan fingerprint density at radius 2 is 1.27 bits per heavy atom. The first kappa shape index (κ1) is 11.0. The molecule has 2 unspecified atom stereocenters. The number of hydrogen-bond acceptors (Lipinski definition) is 4. The number of hydrogen-bond donors (Lipinski definition) is 0. The van der Waals surface area contributed by atoms with Crippen LogP contribution in [-0.4, -0.2) is 16.8 Å². The highest BCUT2D eigenvalue weighted by atomic mass is 32.3. The molecule has 0 bridgehead atoms. The minimum Gasteiger partial charge on any atom is -0.451 e. The molecule has 0 spiro atoms. The first-order valence-corrected chi connectivity index (χ1v) is 5.12. The Bertz CT molecular complexity index is 247. The van der Waals surface area contributed by atoms with Crippen LogP contribution in [-0.2, 0) is 33.0 Å². The van der Waals surface area contributed by atoms with Crippen LogP contribution in [0.2, 0.25) is 0 Å². The predicted octanol–water partition coefficient (Wildman–Crippen LogP) is 0.0750. The Hall–Kier alpha value is 0.0300. The molecule has 6 nitrogen and oxygen atoms in total. The fourth-order valence-electron chi connectivity index (χ4n) is 0.162. The van der Waals surface area contributed by atoms with Gasteiger partial charge in [0, 0.05) is 10.2 Å². The Balaban J connectivity index is 4.25. The second kappa shape index (κ2) is 4.15. The maximum Gasteiger partial charge on any atom is 0.114 e. The fraction of sp³-hybridized carbons (Fsp3) is 0. The number of rotatable bonds is 4. The van der Waals surface area contributed by atoms with Crippen molar-refractivity contribution in [3.8, 4) is 0 Å². The van der Waals surface area contributed by atoms with Crippen LogP contribution >= 0.6 is 0 Å². The Morgan fingerprint density at radius 1 is 1.00 bits per heavy atom. The molecule has 0 aromatic rings. The molecule has 0 aliphatic heterocycles. The summed E-state index contributed by atoms with van der Waals surface area (Å²) >= 11 is -7.02. The van der Waals surface area contributed by atoms with Gasteiger partial charge in [-0.05, 0) is 0 Å². The molecule has 0 amide bonds. The topological polar surface area (TPSA) is 96.5 Å².